The second-order valence-corrected chi connectivity index (χ2v) is 5.39. The molecule has 6 heteroatoms. The molecular formula is C15H18ClN5. The molecule has 3 heterocycles. The van der Waals surface area contributed by atoms with E-state index in [1.165, 1.54) is 11.1 Å². The highest BCUT2D eigenvalue weighted by molar-refractivity contribution is 6.16. The first-order valence-electron chi connectivity index (χ1n) is 7.03. The van der Waals surface area contributed by atoms with E-state index in [-0.39, 0.29) is 0 Å². The number of aryl methyl sites for hydroxylation is 3. The number of rotatable bonds is 4. The van der Waals surface area contributed by atoms with Crippen molar-refractivity contribution in [3.63, 3.8) is 0 Å². The summed E-state index contributed by atoms with van der Waals surface area (Å²) in [6.45, 7) is 7.68. The third kappa shape index (κ3) is 2.31. The Bertz CT molecular complexity index is 787. The Morgan fingerprint density at radius 2 is 2.10 bits per heavy atom. The predicted octanol–water partition coefficient (Wildman–Crippen LogP) is 3.05. The molecule has 3 aromatic heterocycles. The van der Waals surface area contributed by atoms with Gasteiger partial charge >= 0.3 is 0 Å². The highest BCUT2D eigenvalue weighted by Gasteiger charge is 2.18. The van der Waals surface area contributed by atoms with Gasteiger partial charge in [-0.2, -0.15) is 5.10 Å². The number of hydrogen-bond acceptors (Lipinski definition) is 3. The van der Waals surface area contributed by atoms with Crippen LogP contribution >= 0.6 is 11.6 Å². The standard InChI is InChI=1S/C15H18ClN5/c1-4-21-15-14(11(3)19-21)18-13(7-16)20(15)9-12-8-17-6-5-10(12)2/h5-6,8H,4,7,9H2,1-3H3. The molecule has 0 N–H and O–H groups in total. The summed E-state index contributed by atoms with van der Waals surface area (Å²) in [7, 11) is 0. The molecule has 0 aromatic carbocycles. The Morgan fingerprint density at radius 1 is 1.29 bits per heavy atom. The first-order chi connectivity index (χ1) is 10.2. The van der Waals surface area contributed by atoms with Crippen molar-refractivity contribution in [1.29, 1.82) is 0 Å². The quantitative estimate of drug-likeness (QED) is 0.696. The van der Waals surface area contributed by atoms with Crippen molar-refractivity contribution in [3.05, 3.63) is 41.1 Å². The van der Waals surface area contributed by atoms with Gasteiger partial charge in [0.25, 0.3) is 0 Å². The molecule has 0 fully saturated rings. The number of hydrogen-bond donors (Lipinski definition) is 0. The van der Waals surface area contributed by atoms with E-state index in [1.54, 1.807) is 0 Å². The van der Waals surface area contributed by atoms with E-state index < -0.39 is 0 Å². The molecule has 5 nitrogen and oxygen atoms in total. The topological polar surface area (TPSA) is 48.5 Å². The number of halogens is 1. The van der Waals surface area contributed by atoms with Crippen LogP contribution in [0.2, 0.25) is 0 Å². The molecule has 0 aliphatic heterocycles. The lowest BCUT2D eigenvalue weighted by Crippen LogP contribution is -2.10. The van der Waals surface area contributed by atoms with Crippen LogP contribution in [0.1, 0.15) is 29.6 Å². The molecule has 3 aromatic rings. The number of fused-ring (bicyclic) bond motifs is 1. The van der Waals surface area contributed by atoms with Crippen LogP contribution in [0, 0.1) is 13.8 Å². The van der Waals surface area contributed by atoms with Crippen LogP contribution in [0.4, 0.5) is 0 Å². The zero-order valence-corrected chi connectivity index (χ0v) is 13.2. The van der Waals surface area contributed by atoms with E-state index in [4.69, 9.17) is 11.6 Å². The van der Waals surface area contributed by atoms with Crippen molar-refractivity contribution < 1.29 is 0 Å². The number of imidazole rings is 1. The summed E-state index contributed by atoms with van der Waals surface area (Å²) in [4.78, 5) is 8.87. The fourth-order valence-electron chi connectivity index (χ4n) is 2.59. The van der Waals surface area contributed by atoms with Gasteiger partial charge in [-0.3, -0.25) is 4.98 Å². The molecule has 0 atom stereocenters. The summed E-state index contributed by atoms with van der Waals surface area (Å²) in [5.41, 5.74) is 5.30. The maximum atomic E-state index is 6.09. The number of nitrogens with zero attached hydrogens (tertiary/aromatic N) is 5. The molecule has 0 saturated heterocycles. The Balaban J connectivity index is 2.18. The highest BCUT2D eigenvalue weighted by atomic mass is 35.5. The lowest BCUT2D eigenvalue weighted by Gasteiger charge is -2.11. The molecular weight excluding hydrogens is 286 g/mol. The van der Waals surface area contributed by atoms with Crippen molar-refractivity contribution in [1.82, 2.24) is 24.3 Å². The molecule has 0 amide bonds. The second kappa shape index (κ2) is 5.48. The summed E-state index contributed by atoms with van der Waals surface area (Å²) in [5, 5.41) is 4.54. The third-order valence-corrected chi connectivity index (χ3v) is 4.01. The molecule has 0 aliphatic rings. The minimum atomic E-state index is 0.386. The molecule has 0 aliphatic carbocycles. The van der Waals surface area contributed by atoms with Crippen LogP contribution in [-0.4, -0.2) is 24.3 Å². The second-order valence-electron chi connectivity index (χ2n) is 5.12. The summed E-state index contributed by atoms with van der Waals surface area (Å²) in [6, 6.07) is 2.02. The van der Waals surface area contributed by atoms with Gasteiger partial charge in [0.1, 0.15) is 11.3 Å². The summed E-state index contributed by atoms with van der Waals surface area (Å²) >= 11 is 6.09. The van der Waals surface area contributed by atoms with Crippen molar-refractivity contribution in [2.24, 2.45) is 0 Å². The van der Waals surface area contributed by atoms with Crippen molar-refractivity contribution in [3.8, 4) is 0 Å². The smallest absolute Gasteiger partial charge is 0.159 e. The van der Waals surface area contributed by atoms with Gasteiger partial charge in [-0.1, -0.05) is 0 Å². The normalized spacial score (nSPS) is 11.4. The van der Waals surface area contributed by atoms with Crippen LogP contribution in [0.25, 0.3) is 11.2 Å². The first kappa shape index (κ1) is 14.1. The molecule has 0 spiro atoms. The molecule has 0 bridgehead atoms. The van der Waals surface area contributed by atoms with E-state index >= 15 is 0 Å². The molecule has 3 rings (SSSR count). The van der Waals surface area contributed by atoms with Crippen LogP contribution in [0.3, 0.4) is 0 Å². The first-order valence-corrected chi connectivity index (χ1v) is 7.57. The maximum absolute atomic E-state index is 6.09. The summed E-state index contributed by atoms with van der Waals surface area (Å²) in [6.07, 6.45) is 3.71. The summed E-state index contributed by atoms with van der Waals surface area (Å²) < 4.78 is 4.13. The van der Waals surface area contributed by atoms with Gasteiger partial charge < -0.3 is 4.57 Å². The molecule has 0 saturated carbocycles. The molecule has 0 radical (unpaired) electrons. The minimum Gasteiger partial charge on any atom is -0.307 e. The lowest BCUT2D eigenvalue weighted by molar-refractivity contribution is 0.638. The van der Waals surface area contributed by atoms with Crippen LogP contribution in [-0.2, 0) is 19.0 Å². The highest BCUT2D eigenvalue weighted by Crippen LogP contribution is 2.22. The third-order valence-electron chi connectivity index (χ3n) is 3.77. The molecule has 21 heavy (non-hydrogen) atoms. The Labute approximate surface area is 128 Å². The molecule has 110 valence electrons. The minimum absolute atomic E-state index is 0.386. The number of pyridine rings is 1. The summed E-state index contributed by atoms with van der Waals surface area (Å²) in [5.74, 6) is 1.26. The van der Waals surface area contributed by atoms with E-state index in [0.717, 1.165) is 29.2 Å². The average molecular weight is 304 g/mol. The Kier molecular flexibility index (Phi) is 3.68. The van der Waals surface area contributed by atoms with Gasteiger partial charge in [0, 0.05) is 18.9 Å². The van der Waals surface area contributed by atoms with Crippen LogP contribution < -0.4 is 0 Å². The van der Waals surface area contributed by atoms with E-state index in [0.29, 0.717) is 12.4 Å². The number of aromatic nitrogens is 5. The lowest BCUT2D eigenvalue weighted by atomic mass is 10.1. The monoisotopic (exact) mass is 303 g/mol. The zero-order valence-electron chi connectivity index (χ0n) is 12.5. The van der Waals surface area contributed by atoms with Crippen LogP contribution in [0.15, 0.2) is 18.5 Å². The maximum Gasteiger partial charge on any atom is 0.159 e. The fraction of sp³-hybridized carbons (Fsp3) is 0.400. The predicted molar refractivity (Wildman–Crippen MR) is 83.6 cm³/mol. The Morgan fingerprint density at radius 3 is 2.76 bits per heavy atom. The fourth-order valence-corrected chi connectivity index (χ4v) is 2.79. The van der Waals surface area contributed by atoms with Gasteiger partial charge in [-0.25, -0.2) is 9.67 Å². The Hall–Kier alpha value is -1.88. The largest absolute Gasteiger partial charge is 0.307 e. The van der Waals surface area contributed by atoms with Crippen molar-refractivity contribution in [2.75, 3.05) is 0 Å². The molecule has 0 unspecified atom stereocenters. The van der Waals surface area contributed by atoms with E-state index in [9.17, 15) is 0 Å². The van der Waals surface area contributed by atoms with Gasteiger partial charge in [-0.05, 0) is 38.0 Å². The van der Waals surface area contributed by atoms with Gasteiger partial charge in [0.2, 0.25) is 0 Å². The van der Waals surface area contributed by atoms with Gasteiger partial charge in [0.15, 0.2) is 5.65 Å². The van der Waals surface area contributed by atoms with Crippen LogP contribution in [0.5, 0.6) is 0 Å². The van der Waals surface area contributed by atoms with E-state index in [1.807, 2.05) is 30.1 Å². The van der Waals surface area contributed by atoms with E-state index in [2.05, 4.69) is 33.5 Å². The van der Waals surface area contributed by atoms with Gasteiger partial charge in [0.05, 0.1) is 18.1 Å². The average Bonchev–Trinajstić information content (AvgIpc) is 3.00. The van der Waals surface area contributed by atoms with Crippen molar-refractivity contribution in [2.45, 2.75) is 39.7 Å². The number of alkyl halides is 1. The van der Waals surface area contributed by atoms with Gasteiger partial charge in [-0.15, -0.1) is 11.6 Å². The zero-order chi connectivity index (χ0) is 15.0. The SMILES string of the molecule is CCn1nc(C)c2nc(CCl)n(Cc3cnccc3C)c21. The van der Waals surface area contributed by atoms with Crippen molar-refractivity contribution >= 4 is 22.8 Å².